The first-order chi connectivity index (χ1) is 7.22. The van der Waals surface area contributed by atoms with Crippen molar-refractivity contribution in [1.29, 1.82) is 0 Å². The SMILES string of the molecule is CCCCCC1CCC(OC(C)=O)CC1. The van der Waals surface area contributed by atoms with Gasteiger partial charge in [-0.2, -0.15) is 0 Å². The lowest BCUT2D eigenvalue weighted by molar-refractivity contribution is -0.148. The smallest absolute Gasteiger partial charge is 0.302 e. The first-order valence-electron chi connectivity index (χ1n) is 6.39. The van der Waals surface area contributed by atoms with Crippen molar-refractivity contribution in [2.75, 3.05) is 0 Å². The molecule has 88 valence electrons. The minimum atomic E-state index is -0.121. The predicted octanol–water partition coefficient (Wildman–Crippen LogP) is 3.69. The minimum Gasteiger partial charge on any atom is -0.463 e. The van der Waals surface area contributed by atoms with Crippen molar-refractivity contribution in [3.05, 3.63) is 0 Å². The summed E-state index contributed by atoms with van der Waals surface area (Å²) in [4.78, 5) is 10.8. The van der Waals surface area contributed by atoms with E-state index in [1.54, 1.807) is 0 Å². The summed E-state index contributed by atoms with van der Waals surface area (Å²) in [6.07, 6.45) is 10.3. The third kappa shape index (κ3) is 5.19. The molecule has 0 unspecified atom stereocenters. The molecule has 0 N–H and O–H groups in total. The minimum absolute atomic E-state index is 0.121. The average molecular weight is 212 g/mol. The highest BCUT2D eigenvalue weighted by molar-refractivity contribution is 5.66. The van der Waals surface area contributed by atoms with Crippen LogP contribution in [0.25, 0.3) is 0 Å². The summed E-state index contributed by atoms with van der Waals surface area (Å²) in [6, 6.07) is 0. The molecule has 1 saturated carbocycles. The molecular formula is C13H24O2. The standard InChI is InChI=1S/C13H24O2/c1-3-4-5-6-12-7-9-13(10-8-12)15-11(2)14/h12-13H,3-10H2,1-2H3. The van der Waals surface area contributed by atoms with E-state index in [0.717, 1.165) is 18.8 Å². The van der Waals surface area contributed by atoms with Gasteiger partial charge in [0.05, 0.1) is 0 Å². The van der Waals surface area contributed by atoms with Gasteiger partial charge in [-0.3, -0.25) is 4.79 Å². The highest BCUT2D eigenvalue weighted by atomic mass is 16.5. The summed E-state index contributed by atoms with van der Waals surface area (Å²) < 4.78 is 5.23. The summed E-state index contributed by atoms with van der Waals surface area (Å²) >= 11 is 0. The Bertz CT molecular complexity index is 181. The summed E-state index contributed by atoms with van der Waals surface area (Å²) in [5.74, 6) is 0.771. The summed E-state index contributed by atoms with van der Waals surface area (Å²) in [7, 11) is 0. The Kier molecular flexibility index (Phi) is 5.74. The molecule has 0 amide bonds. The number of unbranched alkanes of at least 4 members (excludes halogenated alkanes) is 2. The van der Waals surface area contributed by atoms with Crippen LogP contribution in [-0.4, -0.2) is 12.1 Å². The first kappa shape index (κ1) is 12.5. The van der Waals surface area contributed by atoms with Gasteiger partial charge in [-0.15, -0.1) is 0 Å². The number of rotatable bonds is 5. The van der Waals surface area contributed by atoms with Crippen LogP contribution in [0.4, 0.5) is 0 Å². The normalized spacial score (nSPS) is 26.3. The van der Waals surface area contributed by atoms with Crippen LogP contribution < -0.4 is 0 Å². The summed E-state index contributed by atoms with van der Waals surface area (Å²) in [5, 5.41) is 0. The number of carbonyl (C=O) groups excluding carboxylic acids is 1. The number of hydrogen-bond donors (Lipinski definition) is 0. The van der Waals surface area contributed by atoms with Gasteiger partial charge in [0.25, 0.3) is 0 Å². The van der Waals surface area contributed by atoms with Crippen LogP contribution in [-0.2, 0) is 9.53 Å². The van der Waals surface area contributed by atoms with Crippen molar-refractivity contribution in [2.24, 2.45) is 5.92 Å². The Morgan fingerprint density at radius 2 is 1.87 bits per heavy atom. The first-order valence-corrected chi connectivity index (χ1v) is 6.39. The van der Waals surface area contributed by atoms with Crippen LogP contribution in [0.1, 0.15) is 65.2 Å². The molecule has 0 aromatic heterocycles. The molecular weight excluding hydrogens is 188 g/mol. The topological polar surface area (TPSA) is 26.3 Å². The molecule has 0 saturated heterocycles. The van der Waals surface area contributed by atoms with Crippen LogP contribution in [0.15, 0.2) is 0 Å². The second-order valence-electron chi connectivity index (χ2n) is 4.75. The molecule has 1 aliphatic rings. The van der Waals surface area contributed by atoms with Crippen LogP contribution in [0.2, 0.25) is 0 Å². The zero-order chi connectivity index (χ0) is 11.1. The van der Waals surface area contributed by atoms with Crippen molar-refractivity contribution in [1.82, 2.24) is 0 Å². The zero-order valence-electron chi connectivity index (χ0n) is 10.1. The molecule has 0 aliphatic heterocycles. The monoisotopic (exact) mass is 212 g/mol. The summed E-state index contributed by atoms with van der Waals surface area (Å²) in [6.45, 7) is 3.75. The Hall–Kier alpha value is -0.530. The molecule has 0 aromatic carbocycles. The third-order valence-corrected chi connectivity index (χ3v) is 3.34. The predicted molar refractivity (Wildman–Crippen MR) is 61.7 cm³/mol. The van der Waals surface area contributed by atoms with E-state index in [4.69, 9.17) is 4.74 Å². The Morgan fingerprint density at radius 1 is 1.20 bits per heavy atom. The molecule has 0 spiro atoms. The number of ether oxygens (including phenoxy) is 1. The van der Waals surface area contributed by atoms with E-state index in [1.165, 1.54) is 45.4 Å². The molecule has 2 heteroatoms. The van der Waals surface area contributed by atoms with E-state index < -0.39 is 0 Å². The second-order valence-corrected chi connectivity index (χ2v) is 4.75. The van der Waals surface area contributed by atoms with Crippen LogP contribution >= 0.6 is 0 Å². The maximum absolute atomic E-state index is 10.8. The fraction of sp³-hybridized carbons (Fsp3) is 0.923. The van der Waals surface area contributed by atoms with Crippen molar-refractivity contribution >= 4 is 5.97 Å². The lowest BCUT2D eigenvalue weighted by Crippen LogP contribution is -2.23. The van der Waals surface area contributed by atoms with E-state index in [0.29, 0.717) is 0 Å². The van der Waals surface area contributed by atoms with E-state index in [9.17, 15) is 4.79 Å². The van der Waals surface area contributed by atoms with Gasteiger partial charge in [0, 0.05) is 6.92 Å². The van der Waals surface area contributed by atoms with Gasteiger partial charge < -0.3 is 4.74 Å². The van der Waals surface area contributed by atoms with Gasteiger partial charge in [0.2, 0.25) is 0 Å². The number of hydrogen-bond acceptors (Lipinski definition) is 2. The average Bonchev–Trinajstić information content (AvgIpc) is 2.20. The molecule has 0 atom stereocenters. The fourth-order valence-corrected chi connectivity index (χ4v) is 2.46. The molecule has 2 nitrogen and oxygen atoms in total. The van der Waals surface area contributed by atoms with Crippen LogP contribution in [0, 0.1) is 5.92 Å². The highest BCUT2D eigenvalue weighted by Crippen LogP contribution is 2.29. The lowest BCUT2D eigenvalue weighted by Gasteiger charge is -2.27. The lowest BCUT2D eigenvalue weighted by atomic mass is 9.84. The van der Waals surface area contributed by atoms with Gasteiger partial charge in [0.15, 0.2) is 0 Å². The zero-order valence-corrected chi connectivity index (χ0v) is 10.1. The molecule has 1 fully saturated rings. The molecule has 0 radical (unpaired) electrons. The quantitative estimate of drug-likeness (QED) is 0.513. The largest absolute Gasteiger partial charge is 0.463 e. The van der Waals surface area contributed by atoms with Crippen molar-refractivity contribution in [3.8, 4) is 0 Å². The van der Waals surface area contributed by atoms with E-state index in [-0.39, 0.29) is 12.1 Å². The van der Waals surface area contributed by atoms with Crippen molar-refractivity contribution in [2.45, 2.75) is 71.3 Å². The Balaban J connectivity index is 2.10. The Morgan fingerprint density at radius 3 is 2.40 bits per heavy atom. The maximum Gasteiger partial charge on any atom is 0.302 e. The summed E-state index contributed by atoms with van der Waals surface area (Å²) in [5.41, 5.74) is 0. The fourth-order valence-electron chi connectivity index (χ4n) is 2.46. The maximum atomic E-state index is 10.8. The highest BCUT2D eigenvalue weighted by Gasteiger charge is 2.22. The Labute approximate surface area is 93.4 Å². The molecule has 1 rings (SSSR count). The van der Waals surface area contributed by atoms with E-state index in [2.05, 4.69) is 6.92 Å². The molecule has 1 aliphatic carbocycles. The van der Waals surface area contributed by atoms with Crippen LogP contribution in [0.3, 0.4) is 0 Å². The third-order valence-electron chi connectivity index (χ3n) is 3.34. The van der Waals surface area contributed by atoms with E-state index in [1.807, 2.05) is 0 Å². The van der Waals surface area contributed by atoms with Gasteiger partial charge in [-0.1, -0.05) is 32.6 Å². The van der Waals surface area contributed by atoms with Gasteiger partial charge in [-0.05, 0) is 31.6 Å². The van der Waals surface area contributed by atoms with E-state index >= 15 is 0 Å². The number of esters is 1. The van der Waals surface area contributed by atoms with Gasteiger partial charge >= 0.3 is 5.97 Å². The number of carbonyl (C=O) groups is 1. The molecule has 0 aromatic rings. The van der Waals surface area contributed by atoms with Gasteiger partial charge in [0.1, 0.15) is 6.10 Å². The molecule has 0 bridgehead atoms. The van der Waals surface area contributed by atoms with Crippen molar-refractivity contribution < 1.29 is 9.53 Å². The van der Waals surface area contributed by atoms with Crippen LogP contribution in [0.5, 0.6) is 0 Å². The molecule has 15 heavy (non-hydrogen) atoms. The van der Waals surface area contributed by atoms with Crippen molar-refractivity contribution in [3.63, 3.8) is 0 Å². The second kappa shape index (κ2) is 6.86. The van der Waals surface area contributed by atoms with Gasteiger partial charge in [-0.25, -0.2) is 0 Å². The molecule has 0 heterocycles.